The fourth-order valence-corrected chi connectivity index (χ4v) is 3.50. The number of hydrogen-bond donors (Lipinski definition) is 0. The largest absolute Gasteiger partial charge is 0.439 e. The lowest BCUT2D eigenvalue weighted by atomic mass is 10.2. The number of halogens is 1. The summed E-state index contributed by atoms with van der Waals surface area (Å²) in [4.78, 5) is 6.53. The van der Waals surface area contributed by atoms with Gasteiger partial charge in [0.05, 0.1) is 12.7 Å². The average molecular weight is 311 g/mol. The topological polar surface area (TPSA) is 46.3 Å². The highest BCUT2D eigenvalue weighted by Crippen LogP contribution is 2.23. The molecule has 1 aliphatic heterocycles. The van der Waals surface area contributed by atoms with Crippen LogP contribution in [0.15, 0.2) is 34.9 Å². The Hall–Kier alpha value is -1.17. The van der Waals surface area contributed by atoms with Crippen LogP contribution >= 0.6 is 11.6 Å². The van der Waals surface area contributed by atoms with E-state index in [1.807, 2.05) is 24.3 Å². The summed E-state index contributed by atoms with van der Waals surface area (Å²) in [6.45, 7) is 2.33. The van der Waals surface area contributed by atoms with Crippen LogP contribution in [0.4, 0.5) is 0 Å². The van der Waals surface area contributed by atoms with Crippen LogP contribution < -0.4 is 0 Å². The molecule has 0 atom stereocenters. The summed E-state index contributed by atoms with van der Waals surface area (Å²) in [5.41, 5.74) is 0.927. The standard InChI is InChI=1S/C14H15ClN2O2S/c15-12-3-1-2-11(8-12)13-9-16-14(19-13)10-17-4-6-20(18)7-5-17/h1-3,8-9H,4-7,10H2. The third-order valence-electron chi connectivity index (χ3n) is 3.29. The van der Waals surface area contributed by atoms with Crippen molar-refractivity contribution in [3.63, 3.8) is 0 Å². The average Bonchev–Trinajstić information content (AvgIpc) is 2.90. The zero-order valence-electron chi connectivity index (χ0n) is 10.9. The Balaban J connectivity index is 1.69. The molecule has 0 amide bonds. The van der Waals surface area contributed by atoms with E-state index >= 15 is 0 Å². The second-order valence-electron chi connectivity index (χ2n) is 4.75. The molecule has 0 unspecified atom stereocenters. The van der Waals surface area contributed by atoms with Crippen LogP contribution in [0.2, 0.25) is 5.02 Å². The van der Waals surface area contributed by atoms with Gasteiger partial charge >= 0.3 is 0 Å². The van der Waals surface area contributed by atoms with E-state index in [2.05, 4.69) is 9.88 Å². The van der Waals surface area contributed by atoms with Crippen LogP contribution in [0.25, 0.3) is 11.3 Å². The zero-order valence-corrected chi connectivity index (χ0v) is 12.5. The van der Waals surface area contributed by atoms with Crippen molar-refractivity contribution in [2.75, 3.05) is 24.6 Å². The van der Waals surface area contributed by atoms with Crippen LogP contribution in [0.5, 0.6) is 0 Å². The number of nitrogens with zero attached hydrogens (tertiary/aromatic N) is 2. The van der Waals surface area contributed by atoms with Gasteiger partial charge in [-0.05, 0) is 12.1 Å². The molecule has 2 aromatic rings. The Morgan fingerprint density at radius 1 is 1.35 bits per heavy atom. The Morgan fingerprint density at radius 3 is 2.90 bits per heavy atom. The normalized spacial score (nSPS) is 17.4. The molecule has 6 heteroatoms. The molecule has 0 aliphatic carbocycles. The molecule has 1 aromatic heterocycles. The molecule has 106 valence electrons. The quantitative estimate of drug-likeness (QED) is 0.874. The molecule has 1 aromatic carbocycles. The van der Waals surface area contributed by atoms with Crippen molar-refractivity contribution in [3.05, 3.63) is 41.4 Å². The summed E-state index contributed by atoms with van der Waals surface area (Å²) in [5.74, 6) is 2.89. The van der Waals surface area contributed by atoms with Crippen molar-refractivity contribution in [1.82, 2.24) is 9.88 Å². The Morgan fingerprint density at radius 2 is 2.15 bits per heavy atom. The highest BCUT2D eigenvalue weighted by atomic mass is 35.5. The molecule has 0 spiro atoms. The van der Waals surface area contributed by atoms with Gasteiger partial charge in [-0.1, -0.05) is 23.7 Å². The van der Waals surface area contributed by atoms with Crippen LogP contribution in [0.3, 0.4) is 0 Å². The maximum absolute atomic E-state index is 11.3. The fourth-order valence-electron chi connectivity index (χ4n) is 2.18. The lowest BCUT2D eigenvalue weighted by Crippen LogP contribution is -2.37. The summed E-state index contributed by atoms with van der Waals surface area (Å²) < 4.78 is 17.1. The number of benzene rings is 1. The minimum absolute atomic E-state index is 0.653. The van der Waals surface area contributed by atoms with Gasteiger partial charge in [0.2, 0.25) is 5.89 Å². The third kappa shape index (κ3) is 3.29. The van der Waals surface area contributed by atoms with Crippen molar-refractivity contribution in [3.8, 4) is 11.3 Å². The van der Waals surface area contributed by atoms with E-state index in [1.54, 1.807) is 6.20 Å². The van der Waals surface area contributed by atoms with E-state index < -0.39 is 10.8 Å². The monoisotopic (exact) mass is 310 g/mol. The van der Waals surface area contributed by atoms with E-state index in [0.29, 0.717) is 17.5 Å². The molecule has 0 bridgehead atoms. The van der Waals surface area contributed by atoms with Crippen molar-refractivity contribution < 1.29 is 8.63 Å². The first-order chi connectivity index (χ1) is 9.70. The summed E-state index contributed by atoms with van der Waals surface area (Å²) in [7, 11) is -0.653. The lowest BCUT2D eigenvalue weighted by Gasteiger charge is -2.24. The van der Waals surface area contributed by atoms with Gasteiger partial charge in [0, 0.05) is 46.0 Å². The van der Waals surface area contributed by atoms with Crippen LogP contribution in [0.1, 0.15) is 5.89 Å². The van der Waals surface area contributed by atoms with Crippen molar-refractivity contribution in [2.45, 2.75) is 6.54 Å². The Labute approximate surface area is 125 Å². The lowest BCUT2D eigenvalue weighted by molar-refractivity contribution is 0.261. The molecule has 20 heavy (non-hydrogen) atoms. The summed E-state index contributed by atoms with van der Waals surface area (Å²) in [5, 5.41) is 0.680. The molecule has 0 N–H and O–H groups in total. The molecule has 1 fully saturated rings. The maximum atomic E-state index is 11.3. The van der Waals surface area contributed by atoms with Gasteiger partial charge in [-0.2, -0.15) is 0 Å². The van der Waals surface area contributed by atoms with E-state index in [9.17, 15) is 4.21 Å². The van der Waals surface area contributed by atoms with Crippen LogP contribution in [-0.4, -0.2) is 38.7 Å². The van der Waals surface area contributed by atoms with Gasteiger partial charge in [0.15, 0.2) is 5.76 Å². The predicted molar refractivity (Wildman–Crippen MR) is 80.1 cm³/mol. The molecular weight excluding hydrogens is 296 g/mol. The SMILES string of the molecule is O=S1CCN(Cc2ncc(-c3cccc(Cl)c3)o2)CC1. The van der Waals surface area contributed by atoms with Crippen molar-refractivity contribution >= 4 is 22.4 Å². The number of hydrogen-bond acceptors (Lipinski definition) is 4. The van der Waals surface area contributed by atoms with Gasteiger partial charge in [-0.15, -0.1) is 0 Å². The molecule has 1 aliphatic rings. The number of rotatable bonds is 3. The second-order valence-corrected chi connectivity index (χ2v) is 6.89. The highest BCUT2D eigenvalue weighted by molar-refractivity contribution is 7.85. The molecule has 0 saturated carbocycles. The Kier molecular flexibility index (Phi) is 4.19. The molecule has 1 saturated heterocycles. The fraction of sp³-hybridized carbons (Fsp3) is 0.357. The van der Waals surface area contributed by atoms with Gasteiger partial charge in [0.1, 0.15) is 0 Å². The van der Waals surface area contributed by atoms with E-state index in [-0.39, 0.29) is 0 Å². The first kappa shape index (κ1) is 13.8. The van der Waals surface area contributed by atoms with E-state index in [4.69, 9.17) is 16.0 Å². The Bertz CT molecular complexity index is 619. The van der Waals surface area contributed by atoms with Gasteiger partial charge in [0.25, 0.3) is 0 Å². The highest BCUT2D eigenvalue weighted by Gasteiger charge is 2.17. The van der Waals surface area contributed by atoms with Gasteiger partial charge in [-0.3, -0.25) is 9.11 Å². The zero-order chi connectivity index (χ0) is 13.9. The predicted octanol–water partition coefficient (Wildman–Crippen LogP) is 2.56. The maximum Gasteiger partial charge on any atom is 0.209 e. The number of oxazole rings is 1. The minimum atomic E-state index is -0.653. The first-order valence-electron chi connectivity index (χ1n) is 6.49. The summed E-state index contributed by atoms with van der Waals surface area (Å²) in [6.07, 6.45) is 1.73. The van der Waals surface area contributed by atoms with Crippen molar-refractivity contribution in [1.29, 1.82) is 0 Å². The van der Waals surface area contributed by atoms with E-state index in [0.717, 1.165) is 35.9 Å². The number of aromatic nitrogens is 1. The molecule has 3 rings (SSSR count). The van der Waals surface area contributed by atoms with Crippen LogP contribution in [-0.2, 0) is 17.3 Å². The van der Waals surface area contributed by atoms with Crippen LogP contribution in [0, 0.1) is 0 Å². The third-order valence-corrected chi connectivity index (χ3v) is 4.80. The minimum Gasteiger partial charge on any atom is -0.439 e. The summed E-state index contributed by atoms with van der Waals surface area (Å²) >= 11 is 5.97. The molecule has 2 heterocycles. The summed E-state index contributed by atoms with van der Waals surface area (Å²) in [6, 6.07) is 7.52. The molecule has 0 radical (unpaired) electrons. The smallest absolute Gasteiger partial charge is 0.209 e. The van der Waals surface area contributed by atoms with Gasteiger partial charge < -0.3 is 4.42 Å². The molecular formula is C14H15ClN2O2S. The molecule has 4 nitrogen and oxygen atoms in total. The second kappa shape index (κ2) is 6.08. The van der Waals surface area contributed by atoms with Crippen molar-refractivity contribution in [2.24, 2.45) is 0 Å². The van der Waals surface area contributed by atoms with Gasteiger partial charge in [-0.25, -0.2) is 4.98 Å². The first-order valence-corrected chi connectivity index (χ1v) is 8.35. The van der Waals surface area contributed by atoms with E-state index in [1.165, 1.54) is 0 Å².